The summed E-state index contributed by atoms with van der Waals surface area (Å²) in [6.45, 7) is -0.177. The topological polar surface area (TPSA) is 87.0 Å². The molecular weight excluding hydrogens is 413 g/mol. The van der Waals surface area contributed by atoms with Crippen LogP contribution < -0.4 is 4.74 Å². The van der Waals surface area contributed by atoms with Crippen LogP contribution in [-0.4, -0.2) is 40.1 Å². The minimum atomic E-state index is -4.46. The molecular formula is C23H29F3O5. The fourth-order valence-corrected chi connectivity index (χ4v) is 3.72. The lowest BCUT2D eigenvalue weighted by Crippen LogP contribution is -2.19. The van der Waals surface area contributed by atoms with Crippen molar-refractivity contribution in [2.45, 2.75) is 56.9 Å². The summed E-state index contributed by atoms with van der Waals surface area (Å²) in [5.74, 6) is -0.676. The number of carboxylic acids is 1. The molecule has 1 unspecified atom stereocenters. The predicted octanol–water partition coefficient (Wildman–Crippen LogP) is 4.59. The van der Waals surface area contributed by atoms with Crippen LogP contribution in [0.25, 0.3) is 0 Å². The molecule has 2 rings (SSSR count). The average Bonchev–Trinajstić information content (AvgIpc) is 3.06. The third-order valence-corrected chi connectivity index (χ3v) is 5.36. The summed E-state index contributed by atoms with van der Waals surface area (Å²) in [6, 6.07) is 4.50. The summed E-state index contributed by atoms with van der Waals surface area (Å²) >= 11 is 0. The number of aliphatic carboxylic acids is 1. The second-order valence-corrected chi connectivity index (χ2v) is 7.74. The van der Waals surface area contributed by atoms with Crippen LogP contribution in [0, 0.1) is 11.8 Å². The minimum absolute atomic E-state index is 0.0334. The molecule has 3 N–H and O–H groups in total. The molecule has 5 nitrogen and oxygen atoms in total. The van der Waals surface area contributed by atoms with Crippen molar-refractivity contribution in [1.82, 2.24) is 0 Å². The number of allylic oxidation sites excluding steroid dienone is 3. The van der Waals surface area contributed by atoms with E-state index in [1.165, 1.54) is 12.1 Å². The number of benzene rings is 1. The van der Waals surface area contributed by atoms with Crippen LogP contribution in [0.5, 0.6) is 5.75 Å². The summed E-state index contributed by atoms with van der Waals surface area (Å²) in [6.07, 6.45) is 4.78. The Morgan fingerprint density at radius 1 is 1.23 bits per heavy atom. The molecule has 4 atom stereocenters. The van der Waals surface area contributed by atoms with Gasteiger partial charge in [0.2, 0.25) is 0 Å². The number of alkyl halides is 3. The average molecular weight is 442 g/mol. The maximum Gasteiger partial charge on any atom is 0.416 e. The Morgan fingerprint density at radius 2 is 1.97 bits per heavy atom. The first-order valence-corrected chi connectivity index (χ1v) is 10.4. The number of carbonyl (C=O) groups is 1. The van der Waals surface area contributed by atoms with Gasteiger partial charge in [0.1, 0.15) is 18.5 Å². The highest BCUT2D eigenvalue weighted by Crippen LogP contribution is 2.36. The van der Waals surface area contributed by atoms with Crippen LogP contribution in [0.1, 0.15) is 44.1 Å². The Kier molecular flexibility index (Phi) is 9.58. The van der Waals surface area contributed by atoms with Crippen molar-refractivity contribution in [3.63, 3.8) is 0 Å². The van der Waals surface area contributed by atoms with Crippen molar-refractivity contribution < 1.29 is 38.0 Å². The summed E-state index contributed by atoms with van der Waals surface area (Å²) in [7, 11) is 0. The van der Waals surface area contributed by atoms with Gasteiger partial charge in [-0.15, -0.1) is 0 Å². The van der Waals surface area contributed by atoms with Gasteiger partial charge in [-0.2, -0.15) is 13.2 Å². The summed E-state index contributed by atoms with van der Waals surface area (Å²) < 4.78 is 43.5. The number of carboxylic acid groups (broad SMARTS) is 1. The lowest BCUT2D eigenvalue weighted by Gasteiger charge is -2.19. The summed E-state index contributed by atoms with van der Waals surface area (Å²) in [5.41, 5.74) is -0.810. The normalized spacial score (nSPS) is 22.9. The third kappa shape index (κ3) is 8.75. The van der Waals surface area contributed by atoms with E-state index in [1.54, 1.807) is 6.08 Å². The molecule has 0 heterocycles. The predicted molar refractivity (Wildman–Crippen MR) is 110 cm³/mol. The molecule has 1 aliphatic carbocycles. The lowest BCUT2D eigenvalue weighted by atomic mass is 9.89. The van der Waals surface area contributed by atoms with Gasteiger partial charge in [-0.25, -0.2) is 0 Å². The highest BCUT2D eigenvalue weighted by molar-refractivity contribution is 5.66. The molecule has 0 saturated heterocycles. The van der Waals surface area contributed by atoms with E-state index >= 15 is 0 Å². The number of hydrogen-bond donors (Lipinski definition) is 3. The molecule has 1 aromatic carbocycles. The standard InChI is InChI=1S/C23H29F3O5/c24-23(25,26)17-6-5-7-19(14-17)31-15-18(27)12-10-16-11-13-21(28)20(16)8-3-1-2-4-9-22(29)30/h1-2,5-7,10,12,14,16,18,20-21,27-28H,3-4,8-9,11,13,15H2,(H,29,30)/t16-,18?,20-,21-/m1/s1. The van der Waals surface area contributed by atoms with Gasteiger partial charge in [-0.1, -0.05) is 30.4 Å². The molecule has 1 aromatic rings. The van der Waals surface area contributed by atoms with E-state index in [0.29, 0.717) is 12.8 Å². The van der Waals surface area contributed by atoms with Crippen LogP contribution in [0.2, 0.25) is 0 Å². The molecule has 1 aliphatic rings. The SMILES string of the molecule is O=C(O)CCC=CCC[C@H]1[C@H](O)CC[C@H]1C=CC(O)COc1cccc(C(F)(F)F)c1. The minimum Gasteiger partial charge on any atom is -0.491 e. The van der Waals surface area contributed by atoms with Crippen LogP contribution >= 0.6 is 0 Å². The Morgan fingerprint density at radius 3 is 2.68 bits per heavy atom. The number of ether oxygens (including phenoxy) is 1. The molecule has 0 radical (unpaired) electrons. The Balaban J connectivity index is 1.80. The number of hydrogen-bond acceptors (Lipinski definition) is 4. The molecule has 0 bridgehead atoms. The fourth-order valence-electron chi connectivity index (χ4n) is 3.72. The van der Waals surface area contributed by atoms with E-state index in [2.05, 4.69) is 0 Å². The Hall–Kier alpha value is -2.32. The molecule has 172 valence electrons. The lowest BCUT2D eigenvalue weighted by molar-refractivity contribution is -0.138. The quantitative estimate of drug-likeness (QED) is 0.437. The monoisotopic (exact) mass is 442 g/mol. The van der Waals surface area contributed by atoms with Gasteiger partial charge in [0.15, 0.2) is 0 Å². The zero-order chi connectivity index (χ0) is 22.9. The Bertz CT molecular complexity index is 760. The number of aliphatic hydroxyl groups is 2. The van der Waals surface area contributed by atoms with Crippen LogP contribution in [0.3, 0.4) is 0 Å². The zero-order valence-corrected chi connectivity index (χ0v) is 17.2. The van der Waals surface area contributed by atoms with Crippen molar-refractivity contribution in [3.05, 3.63) is 54.1 Å². The maximum absolute atomic E-state index is 12.7. The summed E-state index contributed by atoms with van der Waals surface area (Å²) in [5, 5.41) is 29.0. The Labute approximate surface area is 179 Å². The van der Waals surface area contributed by atoms with Crippen molar-refractivity contribution in [3.8, 4) is 5.75 Å². The highest BCUT2D eigenvalue weighted by Gasteiger charge is 2.33. The van der Waals surface area contributed by atoms with E-state index in [-0.39, 0.29) is 30.6 Å². The summed E-state index contributed by atoms with van der Waals surface area (Å²) in [4.78, 5) is 10.5. The van der Waals surface area contributed by atoms with E-state index in [4.69, 9.17) is 9.84 Å². The molecule has 0 aromatic heterocycles. The second kappa shape index (κ2) is 11.9. The maximum atomic E-state index is 12.7. The van der Waals surface area contributed by atoms with Crippen LogP contribution in [0.4, 0.5) is 13.2 Å². The fraction of sp³-hybridized carbons (Fsp3) is 0.522. The van der Waals surface area contributed by atoms with Gasteiger partial charge in [0, 0.05) is 6.42 Å². The van der Waals surface area contributed by atoms with Crippen LogP contribution in [0.15, 0.2) is 48.6 Å². The number of aliphatic hydroxyl groups excluding tert-OH is 2. The molecule has 31 heavy (non-hydrogen) atoms. The molecule has 0 aliphatic heterocycles. The highest BCUT2D eigenvalue weighted by atomic mass is 19.4. The molecule has 8 heteroatoms. The van der Waals surface area contributed by atoms with Gasteiger partial charge < -0.3 is 20.1 Å². The number of halogens is 3. The van der Waals surface area contributed by atoms with Crippen molar-refractivity contribution in [1.29, 1.82) is 0 Å². The zero-order valence-electron chi connectivity index (χ0n) is 17.2. The van der Waals surface area contributed by atoms with Gasteiger partial charge in [0.05, 0.1) is 11.7 Å². The number of rotatable bonds is 11. The van der Waals surface area contributed by atoms with Gasteiger partial charge in [0.25, 0.3) is 0 Å². The van der Waals surface area contributed by atoms with Crippen molar-refractivity contribution >= 4 is 5.97 Å². The van der Waals surface area contributed by atoms with Gasteiger partial charge >= 0.3 is 12.1 Å². The van der Waals surface area contributed by atoms with E-state index < -0.39 is 29.9 Å². The first-order chi connectivity index (χ1) is 14.7. The first-order valence-electron chi connectivity index (χ1n) is 10.4. The van der Waals surface area contributed by atoms with E-state index in [1.807, 2.05) is 18.2 Å². The van der Waals surface area contributed by atoms with Gasteiger partial charge in [-0.3, -0.25) is 4.79 Å². The molecule has 1 fully saturated rings. The third-order valence-electron chi connectivity index (χ3n) is 5.36. The van der Waals surface area contributed by atoms with Crippen LogP contribution in [-0.2, 0) is 11.0 Å². The first kappa shape index (κ1) is 24.9. The van der Waals surface area contributed by atoms with Crippen molar-refractivity contribution in [2.24, 2.45) is 11.8 Å². The molecule has 1 saturated carbocycles. The van der Waals surface area contributed by atoms with Gasteiger partial charge in [-0.05, 0) is 62.1 Å². The van der Waals surface area contributed by atoms with Crippen molar-refractivity contribution in [2.75, 3.05) is 6.61 Å². The molecule has 0 spiro atoms. The second-order valence-electron chi connectivity index (χ2n) is 7.74. The van der Waals surface area contributed by atoms with E-state index in [9.17, 15) is 28.2 Å². The smallest absolute Gasteiger partial charge is 0.416 e. The molecule has 0 amide bonds. The van der Waals surface area contributed by atoms with E-state index in [0.717, 1.165) is 31.4 Å². The largest absolute Gasteiger partial charge is 0.491 e.